The van der Waals surface area contributed by atoms with Crippen LogP contribution in [0.15, 0.2) is 48.9 Å². The van der Waals surface area contributed by atoms with E-state index >= 15 is 0 Å². The third kappa shape index (κ3) is 4.75. The molecule has 3 aromatic heterocycles. The summed E-state index contributed by atoms with van der Waals surface area (Å²) in [5.41, 5.74) is 2.73. The number of nitrogens with one attached hydrogen (secondary N) is 1. The van der Waals surface area contributed by atoms with E-state index in [4.69, 9.17) is 0 Å². The molecule has 4 heterocycles. The standard InChI is InChI=1S/C30H33FN8O/c1-20-5-4-10-38(17-20)18-22-11-26-25(31)16-34-39(26)27(12-22)28(40)35-24-7-3-6-23(13-24)30(14-21(15-30)8-9-32)29-36-33-19-37(29)2/h3,6-7,11-13,16,19-21H,4-5,8,10,14-15,17-18H2,1-2H3,(H,35,40)/t20-,21-,30+/m0/s1. The summed E-state index contributed by atoms with van der Waals surface area (Å²) in [5.74, 6) is 0.942. The minimum absolute atomic E-state index is 0.285. The number of benzene rings is 1. The van der Waals surface area contributed by atoms with Gasteiger partial charge in [0.25, 0.3) is 5.91 Å². The highest BCUT2D eigenvalue weighted by molar-refractivity contribution is 6.03. The van der Waals surface area contributed by atoms with Gasteiger partial charge in [-0.05, 0) is 79.5 Å². The third-order valence-corrected chi connectivity index (χ3v) is 8.48. The third-order valence-electron chi connectivity index (χ3n) is 8.48. The Balaban J connectivity index is 1.29. The van der Waals surface area contributed by atoms with E-state index in [-0.39, 0.29) is 22.9 Å². The lowest BCUT2D eigenvalue weighted by Crippen LogP contribution is -2.44. The number of halogens is 1. The number of hydrogen-bond donors (Lipinski definition) is 1. The average molecular weight is 541 g/mol. The van der Waals surface area contributed by atoms with Crippen molar-refractivity contribution in [3.8, 4) is 6.07 Å². The van der Waals surface area contributed by atoms with Crippen molar-refractivity contribution >= 4 is 17.1 Å². The first-order valence-electron chi connectivity index (χ1n) is 13.9. The minimum atomic E-state index is -0.451. The van der Waals surface area contributed by atoms with Gasteiger partial charge in [-0.1, -0.05) is 19.1 Å². The number of pyridine rings is 1. The van der Waals surface area contributed by atoms with Crippen LogP contribution >= 0.6 is 0 Å². The average Bonchev–Trinajstić information content (AvgIpc) is 3.51. The van der Waals surface area contributed by atoms with Crippen LogP contribution in [0.5, 0.6) is 0 Å². The predicted octanol–water partition coefficient (Wildman–Crippen LogP) is 4.70. The zero-order chi connectivity index (χ0) is 27.9. The van der Waals surface area contributed by atoms with Crippen LogP contribution in [0.2, 0.25) is 0 Å². The van der Waals surface area contributed by atoms with E-state index in [2.05, 4.69) is 38.5 Å². The number of rotatable bonds is 7. The number of likely N-dealkylation sites (tertiary alicyclic amines) is 1. The van der Waals surface area contributed by atoms with Crippen molar-refractivity contribution in [3.05, 3.63) is 77.4 Å². The topological polar surface area (TPSA) is 104 Å². The number of nitrogens with zero attached hydrogens (tertiary/aromatic N) is 7. The Labute approximate surface area is 232 Å². The van der Waals surface area contributed by atoms with E-state index in [0.29, 0.717) is 30.1 Å². The van der Waals surface area contributed by atoms with Crippen molar-refractivity contribution in [2.24, 2.45) is 18.9 Å². The van der Waals surface area contributed by atoms with E-state index in [9.17, 15) is 14.4 Å². The maximum absolute atomic E-state index is 14.7. The highest BCUT2D eigenvalue weighted by Gasteiger charge is 2.49. The molecule has 206 valence electrons. The second-order valence-electron chi connectivity index (χ2n) is 11.5. The molecule has 0 spiro atoms. The highest BCUT2D eigenvalue weighted by Crippen LogP contribution is 2.53. The van der Waals surface area contributed by atoms with Crippen molar-refractivity contribution in [1.29, 1.82) is 5.26 Å². The van der Waals surface area contributed by atoms with E-state index in [1.54, 1.807) is 12.4 Å². The van der Waals surface area contributed by atoms with Gasteiger partial charge in [0.2, 0.25) is 0 Å². The Morgan fingerprint density at radius 3 is 2.88 bits per heavy atom. The Bertz CT molecular complexity index is 1590. The van der Waals surface area contributed by atoms with Crippen LogP contribution in [-0.2, 0) is 19.0 Å². The lowest BCUT2D eigenvalue weighted by atomic mass is 9.57. The summed E-state index contributed by atoms with van der Waals surface area (Å²) in [7, 11) is 1.92. The van der Waals surface area contributed by atoms with Gasteiger partial charge in [0.1, 0.15) is 23.4 Å². The van der Waals surface area contributed by atoms with Gasteiger partial charge in [0, 0.05) is 32.2 Å². The molecule has 1 aromatic carbocycles. The second kappa shape index (κ2) is 10.5. The summed E-state index contributed by atoms with van der Waals surface area (Å²) >= 11 is 0. The summed E-state index contributed by atoms with van der Waals surface area (Å²) in [6.45, 7) is 4.89. The van der Waals surface area contributed by atoms with Crippen molar-refractivity contribution in [1.82, 2.24) is 29.3 Å². The molecule has 4 aromatic rings. The zero-order valence-corrected chi connectivity index (χ0v) is 22.8. The molecule has 1 saturated carbocycles. The molecule has 1 saturated heterocycles. The molecule has 2 fully saturated rings. The number of carbonyl (C=O) groups is 1. The molecular weight excluding hydrogens is 507 g/mol. The number of fused-ring (bicyclic) bond motifs is 1. The van der Waals surface area contributed by atoms with Gasteiger partial charge in [-0.2, -0.15) is 10.4 Å². The predicted molar refractivity (Wildman–Crippen MR) is 148 cm³/mol. The van der Waals surface area contributed by atoms with Crippen LogP contribution in [0.25, 0.3) is 5.52 Å². The van der Waals surface area contributed by atoms with Crippen LogP contribution in [0, 0.1) is 29.0 Å². The fourth-order valence-electron chi connectivity index (χ4n) is 6.61. The monoisotopic (exact) mass is 540 g/mol. The molecule has 1 N–H and O–H groups in total. The molecule has 1 atom stereocenters. The lowest BCUT2D eigenvalue weighted by Gasteiger charge is -2.46. The number of carbonyl (C=O) groups excluding carboxylic acids is 1. The van der Waals surface area contributed by atoms with Crippen LogP contribution in [0.4, 0.5) is 10.1 Å². The van der Waals surface area contributed by atoms with Crippen LogP contribution in [0.3, 0.4) is 0 Å². The van der Waals surface area contributed by atoms with Crippen LogP contribution in [-0.4, -0.2) is 48.3 Å². The first-order valence-corrected chi connectivity index (χ1v) is 13.9. The van der Waals surface area contributed by atoms with Crippen molar-refractivity contribution in [3.63, 3.8) is 0 Å². The van der Waals surface area contributed by atoms with Gasteiger partial charge in [0.05, 0.1) is 17.7 Å². The molecule has 1 aliphatic carbocycles. The maximum atomic E-state index is 14.7. The van der Waals surface area contributed by atoms with E-state index in [1.165, 1.54) is 10.9 Å². The number of anilines is 1. The molecule has 0 unspecified atom stereocenters. The number of amides is 1. The quantitative estimate of drug-likeness (QED) is 0.365. The largest absolute Gasteiger partial charge is 0.321 e. The molecule has 0 bridgehead atoms. The first kappa shape index (κ1) is 26.1. The molecule has 1 aliphatic heterocycles. The molecule has 9 nitrogen and oxygen atoms in total. The number of aryl methyl sites for hydroxylation is 1. The van der Waals surface area contributed by atoms with Crippen LogP contribution < -0.4 is 5.32 Å². The summed E-state index contributed by atoms with van der Waals surface area (Å²) in [5, 5.41) is 24.9. The molecular formula is C30H33FN8O. The Kier molecular flexibility index (Phi) is 6.84. The van der Waals surface area contributed by atoms with Gasteiger partial charge in [0.15, 0.2) is 5.82 Å². The second-order valence-corrected chi connectivity index (χ2v) is 11.5. The van der Waals surface area contributed by atoms with Crippen molar-refractivity contribution in [2.45, 2.75) is 51.0 Å². The van der Waals surface area contributed by atoms with Gasteiger partial charge in [-0.15, -0.1) is 10.2 Å². The SMILES string of the molecule is C[C@H]1CCCN(Cc2cc(C(=O)Nc3cccc([C@]4(c5nncn5C)C[C@@H](CC#N)C4)c3)n3ncc(F)c3c2)C1. The Morgan fingerprint density at radius 1 is 1.27 bits per heavy atom. The molecule has 6 rings (SSSR count). The zero-order valence-electron chi connectivity index (χ0n) is 22.8. The molecule has 0 radical (unpaired) electrons. The number of aromatic nitrogens is 5. The van der Waals surface area contributed by atoms with E-state index in [1.807, 2.05) is 41.9 Å². The fourth-order valence-corrected chi connectivity index (χ4v) is 6.61. The molecule has 40 heavy (non-hydrogen) atoms. The Morgan fingerprint density at radius 2 is 2.12 bits per heavy atom. The van der Waals surface area contributed by atoms with E-state index < -0.39 is 5.82 Å². The minimum Gasteiger partial charge on any atom is -0.321 e. The summed E-state index contributed by atoms with van der Waals surface area (Å²) in [6.07, 6.45) is 7.27. The smallest absolute Gasteiger partial charge is 0.274 e. The van der Waals surface area contributed by atoms with Crippen LogP contribution in [0.1, 0.15) is 66.5 Å². The summed E-state index contributed by atoms with van der Waals surface area (Å²) in [6, 6.07) is 13.7. The maximum Gasteiger partial charge on any atom is 0.274 e. The molecule has 10 heteroatoms. The number of piperidine rings is 1. The fraction of sp³-hybridized carbons (Fsp3) is 0.433. The van der Waals surface area contributed by atoms with Crippen molar-refractivity contribution in [2.75, 3.05) is 18.4 Å². The van der Waals surface area contributed by atoms with Crippen molar-refractivity contribution < 1.29 is 9.18 Å². The Hall–Kier alpha value is -4.10. The van der Waals surface area contributed by atoms with Gasteiger partial charge >= 0.3 is 0 Å². The summed E-state index contributed by atoms with van der Waals surface area (Å²) < 4.78 is 18.0. The normalized spacial score (nSPS) is 23.1. The molecule has 2 aliphatic rings. The lowest BCUT2D eigenvalue weighted by molar-refractivity contribution is 0.101. The van der Waals surface area contributed by atoms with Gasteiger partial charge in [-0.25, -0.2) is 8.91 Å². The highest BCUT2D eigenvalue weighted by atomic mass is 19.1. The van der Waals surface area contributed by atoms with Gasteiger partial charge < -0.3 is 9.88 Å². The van der Waals surface area contributed by atoms with Gasteiger partial charge in [-0.3, -0.25) is 9.69 Å². The number of hydrogen-bond acceptors (Lipinski definition) is 6. The summed E-state index contributed by atoms with van der Waals surface area (Å²) in [4.78, 5) is 16.0. The first-order chi connectivity index (χ1) is 19.4. The molecule has 1 amide bonds. The van der Waals surface area contributed by atoms with E-state index in [0.717, 1.165) is 55.5 Å². The number of nitriles is 1.